The van der Waals surface area contributed by atoms with Crippen LogP contribution in [0.1, 0.15) is 29.4 Å². The van der Waals surface area contributed by atoms with Crippen LogP contribution >= 0.6 is 0 Å². The third-order valence-corrected chi connectivity index (χ3v) is 2.31. The number of carboxylic acids is 1. The van der Waals surface area contributed by atoms with Gasteiger partial charge >= 0.3 is 5.97 Å². The van der Waals surface area contributed by atoms with E-state index < -0.39 is 11.9 Å². The number of hydrogen-bond donors (Lipinski definition) is 1. The number of rotatable bonds is 2. The van der Waals surface area contributed by atoms with Gasteiger partial charge in [-0.25, -0.2) is 18.6 Å². The molecule has 2 rings (SSSR count). The maximum atomic E-state index is 12.5. The van der Waals surface area contributed by atoms with Gasteiger partial charge in [0.25, 0.3) is 5.92 Å². The van der Waals surface area contributed by atoms with E-state index >= 15 is 0 Å². The lowest BCUT2D eigenvalue weighted by Gasteiger charge is -2.35. The maximum absolute atomic E-state index is 12.5. The molecule has 1 aliphatic rings. The molecular formula is C8H8F2N2O2. The summed E-state index contributed by atoms with van der Waals surface area (Å²) in [5.74, 6) is -3.74. The average Bonchev–Trinajstić information content (AvgIpc) is 2.47. The predicted octanol–water partition coefficient (Wildman–Crippen LogP) is 1.55. The Labute approximate surface area is 78.2 Å². The zero-order valence-corrected chi connectivity index (χ0v) is 7.15. The highest BCUT2D eigenvalue weighted by molar-refractivity contribution is 5.84. The Balaban J connectivity index is 2.08. The number of hydrogen-bond acceptors (Lipinski definition) is 2. The van der Waals surface area contributed by atoms with Crippen LogP contribution in [0.4, 0.5) is 8.78 Å². The summed E-state index contributed by atoms with van der Waals surface area (Å²) < 4.78 is 26.4. The SMILES string of the molecule is O=C(O)c1cn(C2CC(F)(F)C2)cn1. The third kappa shape index (κ3) is 1.47. The van der Waals surface area contributed by atoms with Crippen LogP contribution in [0.15, 0.2) is 12.5 Å². The van der Waals surface area contributed by atoms with Gasteiger partial charge in [-0.2, -0.15) is 0 Å². The summed E-state index contributed by atoms with van der Waals surface area (Å²) in [7, 11) is 0. The number of nitrogens with zero attached hydrogens (tertiary/aromatic N) is 2. The van der Waals surface area contributed by atoms with Gasteiger partial charge in [0.05, 0.1) is 6.33 Å². The lowest BCUT2D eigenvalue weighted by atomic mass is 9.88. The van der Waals surface area contributed by atoms with E-state index in [-0.39, 0.29) is 24.6 Å². The van der Waals surface area contributed by atoms with Crippen molar-refractivity contribution in [2.75, 3.05) is 0 Å². The van der Waals surface area contributed by atoms with Crippen LogP contribution in [-0.2, 0) is 0 Å². The van der Waals surface area contributed by atoms with E-state index in [9.17, 15) is 13.6 Å². The smallest absolute Gasteiger partial charge is 0.356 e. The minimum Gasteiger partial charge on any atom is -0.476 e. The highest BCUT2D eigenvalue weighted by atomic mass is 19.3. The lowest BCUT2D eigenvalue weighted by Crippen LogP contribution is -2.36. The van der Waals surface area contributed by atoms with Gasteiger partial charge in [-0.05, 0) is 0 Å². The maximum Gasteiger partial charge on any atom is 0.356 e. The fourth-order valence-corrected chi connectivity index (χ4v) is 1.49. The van der Waals surface area contributed by atoms with E-state index in [4.69, 9.17) is 5.11 Å². The van der Waals surface area contributed by atoms with Gasteiger partial charge in [0.15, 0.2) is 5.69 Å². The number of carbonyl (C=O) groups is 1. The Morgan fingerprint density at radius 1 is 1.64 bits per heavy atom. The molecule has 1 N–H and O–H groups in total. The van der Waals surface area contributed by atoms with Crippen LogP contribution in [0.3, 0.4) is 0 Å². The minimum absolute atomic E-state index is 0.111. The minimum atomic E-state index is -2.60. The van der Waals surface area contributed by atoms with E-state index in [1.807, 2.05) is 0 Å². The fourth-order valence-electron chi connectivity index (χ4n) is 1.49. The van der Waals surface area contributed by atoms with E-state index in [1.54, 1.807) is 0 Å². The van der Waals surface area contributed by atoms with E-state index in [0.29, 0.717) is 0 Å². The Bertz CT molecular complexity index is 367. The van der Waals surface area contributed by atoms with E-state index in [0.717, 1.165) is 0 Å². The van der Waals surface area contributed by atoms with Crippen molar-refractivity contribution in [1.29, 1.82) is 0 Å². The molecular weight excluding hydrogens is 194 g/mol. The Kier molecular flexibility index (Phi) is 1.80. The molecule has 76 valence electrons. The topological polar surface area (TPSA) is 55.1 Å². The fraction of sp³-hybridized carbons (Fsp3) is 0.500. The number of halogens is 2. The first-order chi connectivity index (χ1) is 6.48. The van der Waals surface area contributed by atoms with Gasteiger partial charge in [-0.3, -0.25) is 0 Å². The Morgan fingerprint density at radius 2 is 2.29 bits per heavy atom. The quantitative estimate of drug-likeness (QED) is 0.791. The summed E-state index contributed by atoms with van der Waals surface area (Å²) >= 11 is 0. The second-order valence-electron chi connectivity index (χ2n) is 3.43. The van der Waals surface area contributed by atoms with Crippen molar-refractivity contribution in [3.05, 3.63) is 18.2 Å². The molecule has 0 saturated heterocycles. The molecule has 14 heavy (non-hydrogen) atoms. The molecule has 0 spiro atoms. The molecule has 6 heteroatoms. The lowest BCUT2D eigenvalue weighted by molar-refractivity contribution is -0.104. The summed E-state index contributed by atoms with van der Waals surface area (Å²) in [5.41, 5.74) is -0.111. The van der Waals surface area contributed by atoms with Crippen molar-refractivity contribution < 1.29 is 18.7 Å². The molecule has 0 bridgehead atoms. The normalized spacial score (nSPS) is 20.4. The number of carboxylic acid groups (broad SMARTS) is 1. The molecule has 0 aromatic carbocycles. The van der Waals surface area contributed by atoms with Gasteiger partial charge in [-0.1, -0.05) is 0 Å². The number of aromatic carboxylic acids is 1. The molecule has 1 aromatic heterocycles. The molecule has 0 amide bonds. The summed E-state index contributed by atoms with van der Waals surface area (Å²) in [6.45, 7) is 0. The zero-order chi connectivity index (χ0) is 10.3. The predicted molar refractivity (Wildman–Crippen MR) is 42.4 cm³/mol. The van der Waals surface area contributed by atoms with Crippen LogP contribution in [0, 0.1) is 0 Å². The molecule has 1 fully saturated rings. The molecule has 1 saturated carbocycles. The van der Waals surface area contributed by atoms with Crippen molar-refractivity contribution in [2.24, 2.45) is 0 Å². The summed E-state index contributed by atoms with van der Waals surface area (Å²) in [4.78, 5) is 14.0. The molecule has 1 aromatic rings. The van der Waals surface area contributed by atoms with Crippen molar-refractivity contribution >= 4 is 5.97 Å². The van der Waals surface area contributed by atoms with Crippen molar-refractivity contribution in [2.45, 2.75) is 24.8 Å². The molecule has 0 radical (unpaired) electrons. The van der Waals surface area contributed by atoms with Crippen LogP contribution in [0.25, 0.3) is 0 Å². The van der Waals surface area contributed by atoms with Gasteiger partial charge in [0.1, 0.15) is 0 Å². The van der Waals surface area contributed by atoms with Crippen LogP contribution in [-0.4, -0.2) is 26.5 Å². The molecule has 0 unspecified atom stereocenters. The second kappa shape index (κ2) is 2.76. The molecule has 1 aliphatic carbocycles. The largest absolute Gasteiger partial charge is 0.476 e. The van der Waals surface area contributed by atoms with Crippen LogP contribution in [0.5, 0.6) is 0 Å². The first-order valence-electron chi connectivity index (χ1n) is 4.12. The number of imidazole rings is 1. The van der Waals surface area contributed by atoms with Gasteiger partial charge in [0, 0.05) is 25.1 Å². The van der Waals surface area contributed by atoms with Crippen molar-refractivity contribution in [3.8, 4) is 0 Å². The van der Waals surface area contributed by atoms with E-state index in [2.05, 4.69) is 4.98 Å². The summed E-state index contributed by atoms with van der Waals surface area (Å²) in [6, 6.07) is -0.314. The second-order valence-corrected chi connectivity index (χ2v) is 3.43. The van der Waals surface area contributed by atoms with Crippen LogP contribution < -0.4 is 0 Å². The Morgan fingerprint density at radius 3 is 2.71 bits per heavy atom. The first kappa shape index (κ1) is 9.11. The van der Waals surface area contributed by atoms with Gasteiger partial charge in [-0.15, -0.1) is 0 Å². The molecule has 0 aliphatic heterocycles. The highest BCUT2D eigenvalue weighted by Crippen LogP contribution is 2.45. The van der Waals surface area contributed by atoms with Crippen molar-refractivity contribution in [3.63, 3.8) is 0 Å². The monoisotopic (exact) mass is 202 g/mol. The van der Waals surface area contributed by atoms with Crippen molar-refractivity contribution in [1.82, 2.24) is 9.55 Å². The molecule has 1 heterocycles. The van der Waals surface area contributed by atoms with E-state index in [1.165, 1.54) is 17.1 Å². The highest BCUT2D eigenvalue weighted by Gasteiger charge is 2.46. The zero-order valence-electron chi connectivity index (χ0n) is 7.15. The average molecular weight is 202 g/mol. The molecule has 0 atom stereocenters. The van der Waals surface area contributed by atoms with Crippen LogP contribution in [0.2, 0.25) is 0 Å². The summed E-state index contributed by atoms with van der Waals surface area (Å²) in [6.07, 6.45) is 2.09. The van der Waals surface area contributed by atoms with Gasteiger partial charge in [0.2, 0.25) is 0 Å². The standard InChI is InChI=1S/C8H8F2N2O2/c9-8(10)1-5(2-8)12-3-6(7(13)14)11-4-12/h3-5H,1-2H2,(H,13,14). The summed E-state index contributed by atoms with van der Waals surface area (Å²) in [5, 5.41) is 8.55. The third-order valence-electron chi connectivity index (χ3n) is 2.31. The number of alkyl halides is 2. The molecule has 4 nitrogen and oxygen atoms in total. The first-order valence-corrected chi connectivity index (χ1v) is 4.12. The van der Waals surface area contributed by atoms with Gasteiger partial charge < -0.3 is 9.67 Å². The number of aromatic nitrogens is 2. The Hall–Kier alpha value is -1.46.